The van der Waals surface area contributed by atoms with E-state index in [2.05, 4.69) is 24.1 Å². The van der Waals surface area contributed by atoms with E-state index in [9.17, 15) is 5.11 Å². The number of nitrogens with zero attached hydrogens (tertiary/aromatic N) is 1. The number of hydrogen-bond acceptors (Lipinski definition) is 5. The zero-order valence-electron chi connectivity index (χ0n) is 10.7. The minimum Gasteiger partial charge on any atom is -0.396 e. The second kappa shape index (κ2) is 5.23. The Bertz CT molecular complexity index is 377. The molecule has 0 radical (unpaired) electrons. The van der Waals surface area contributed by atoms with Gasteiger partial charge in [-0.15, -0.1) is 0 Å². The molecule has 0 aromatic carbocycles. The van der Waals surface area contributed by atoms with Crippen molar-refractivity contribution in [3.05, 3.63) is 12.1 Å². The average molecular weight is 238 g/mol. The largest absolute Gasteiger partial charge is 0.396 e. The van der Waals surface area contributed by atoms with Crippen LogP contribution in [0.4, 0.5) is 17.3 Å². The van der Waals surface area contributed by atoms with E-state index in [0.717, 1.165) is 6.42 Å². The molecule has 5 nitrogen and oxygen atoms in total. The maximum atomic E-state index is 10.1. The van der Waals surface area contributed by atoms with E-state index in [1.54, 1.807) is 19.1 Å². The van der Waals surface area contributed by atoms with E-state index in [-0.39, 0.29) is 0 Å². The molecule has 0 amide bonds. The number of pyridine rings is 1. The second-order valence-corrected chi connectivity index (χ2v) is 5.12. The Morgan fingerprint density at radius 3 is 2.59 bits per heavy atom. The minimum atomic E-state index is -0.758. The maximum absolute atomic E-state index is 10.1. The monoisotopic (exact) mass is 238 g/mol. The molecule has 17 heavy (non-hydrogen) atoms. The number of anilines is 3. The van der Waals surface area contributed by atoms with Gasteiger partial charge < -0.3 is 21.9 Å². The summed E-state index contributed by atoms with van der Waals surface area (Å²) in [6.45, 7) is 6.39. The molecule has 0 fully saturated rings. The van der Waals surface area contributed by atoms with E-state index in [1.807, 2.05) is 0 Å². The number of nitrogen functional groups attached to an aromatic ring is 2. The Hall–Kier alpha value is -1.49. The maximum Gasteiger partial charge on any atom is 0.149 e. The van der Waals surface area contributed by atoms with Gasteiger partial charge in [0.05, 0.1) is 11.3 Å². The van der Waals surface area contributed by atoms with Crippen LogP contribution in [0.5, 0.6) is 0 Å². The smallest absolute Gasteiger partial charge is 0.149 e. The van der Waals surface area contributed by atoms with E-state index in [4.69, 9.17) is 11.5 Å². The Kier molecular flexibility index (Phi) is 4.17. The predicted octanol–water partition coefficient (Wildman–Crippen LogP) is 1.45. The highest BCUT2D eigenvalue weighted by molar-refractivity contribution is 5.61. The highest BCUT2D eigenvalue weighted by Crippen LogP contribution is 2.19. The van der Waals surface area contributed by atoms with Gasteiger partial charge >= 0.3 is 0 Å². The molecule has 5 heteroatoms. The van der Waals surface area contributed by atoms with Crippen LogP contribution in [0.15, 0.2) is 12.1 Å². The molecule has 0 spiro atoms. The summed E-state index contributed by atoms with van der Waals surface area (Å²) >= 11 is 0. The van der Waals surface area contributed by atoms with Crippen molar-refractivity contribution in [2.45, 2.75) is 32.8 Å². The van der Waals surface area contributed by atoms with Crippen LogP contribution in [-0.2, 0) is 0 Å². The first-order valence-electron chi connectivity index (χ1n) is 5.78. The molecule has 0 saturated carbocycles. The minimum absolute atomic E-state index is 0.304. The van der Waals surface area contributed by atoms with Gasteiger partial charge in [-0.1, -0.05) is 13.8 Å². The molecule has 0 saturated heterocycles. The highest BCUT2D eigenvalue weighted by atomic mass is 16.3. The summed E-state index contributed by atoms with van der Waals surface area (Å²) in [6.07, 6.45) is 0.727. The average Bonchev–Trinajstić information content (AvgIpc) is 2.18. The van der Waals surface area contributed by atoms with Gasteiger partial charge in [0.25, 0.3) is 0 Å². The first kappa shape index (κ1) is 13.6. The summed E-state index contributed by atoms with van der Waals surface area (Å²) in [7, 11) is 0. The summed E-state index contributed by atoms with van der Waals surface area (Å²) in [5, 5.41) is 13.2. The topological polar surface area (TPSA) is 97.2 Å². The van der Waals surface area contributed by atoms with Gasteiger partial charge in [-0.25, -0.2) is 4.98 Å². The Balaban J connectivity index is 2.58. The molecule has 6 N–H and O–H groups in total. The van der Waals surface area contributed by atoms with Crippen LogP contribution in [0, 0.1) is 5.92 Å². The molecule has 0 aliphatic carbocycles. The van der Waals surface area contributed by atoms with E-state index in [1.165, 1.54) is 0 Å². The fourth-order valence-electron chi connectivity index (χ4n) is 1.82. The molecule has 0 bridgehead atoms. The fourth-order valence-corrected chi connectivity index (χ4v) is 1.82. The van der Waals surface area contributed by atoms with Crippen LogP contribution in [0.25, 0.3) is 0 Å². The standard InChI is InChI=1S/C12H22N4O/c1-8(2)6-12(3,17)7-15-10-5-4-9(13)11(14)16-10/h4-5,8,17H,6-7,13H2,1-3H3,(H3,14,15,16). The summed E-state index contributed by atoms with van der Waals surface area (Å²) in [5.41, 5.74) is 10.9. The molecule has 0 aliphatic rings. The number of rotatable bonds is 5. The molecular weight excluding hydrogens is 216 g/mol. The van der Waals surface area contributed by atoms with Gasteiger partial charge in [-0.05, 0) is 31.4 Å². The number of aliphatic hydroxyl groups is 1. The summed E-state index contributed by atoms with van der Waals surface area (Å²) in [6, 6.07) is 3.44. The first-order valence-corrected chi connectivity index (χ1v) is 5.78. The van der Waals surface area contributed by atoms with E-state index >= 15 is 0 Å². The van der Waals surface area contributed by atoms with Crippen molar-refractivity contribution in [2.24, 2.45) is 5.92 Å². The van der Waals surface area contributed by atoms with Crippen LogP contribution < -0.4 is 16.8 Å². The normalized spacial score (nSPS) is 14.6. The Labute approximate surface area is 102 Å². The second-order valence-electron chi connectivity index (χ2n) is 5.12. The van der Waals surface area contributed by atoms with Gasteiger partial charge in [-0.2, -0.15) is 0 Å². The molecule has 1 atom stereocenters. The third-order valence-corrected chi connectivity index (χ3v) is 2.46. The predicted molar refractivity (Wildman–Crippen MR) is 71.6 cm³/mol. The van der Waals surface area contributed by atoms with E-state index < -0.39 is 5.60 Å². The Morgan fingerprint density at radius 2 is 2.06 bits per heavy atom. The number of hydrogen-bond donors (Lipinski definition) is 4. The van der Waals surface area contributed by atoms with Gasteiger partial charge in [-0.3, -0.25) is 0 Å². The van der Waals surface area contributed by atoms with Crippen molar-refractivity contribution in [2.75, 3.05) is 23.3 Å². The van der Waals surface area contributed by atoms with Crippen LogP contribution in [0.1, 0.15) is 27.2 Å². The molecule has 1 rings (SSSR count). The SMILES string of the molecule is CC(C)CC(C)(O)CNc1ccc(N)c(N)n1. The van der Waals surface area contributed by atoms with Crippen LogP contribution in [-0.4, -0.2) is 22.2 Å². The van der Waals surface area contributed by atoms with Crippen molar-refractivity contribution in [3.63, 3.8) is 0 Å². The van der Waals surface area contributed by atoms with Crippen LogP contribution in [0.3, 0.4) is 0 Å². The van der Waals surface area contributed by atoms with Crippen LogP contribution in [0.2, 0.25) is 0 Å². The van der Waals surface area contributed by atoms with Gasteiger partial charge in [0.1, 0.15) is 11.6 Å². The molecule has 1 unspecified atom stereocenters. The zero-order valence-corrected chi connectivity index (χ0v) is 10.7. The first-order chi connectivity index (χ1) is 7.80. The molecule has 1 heterocycles. The van der Waals surface area contributed by atoms with Crippen molar-refractivity contribution in [1.29, 1.82) is 0 Å². The lowest BCUT2D eigenvalue weighted by Crippen LogP contribution is -2.35. The third-order valence-electron chi connectivity index (χ3n) is 2.46. The molecule has 1 aromatic rings. The van der Waals surface area contributed by atoms with Crippen LogP contribution >= 0.6 is 0 Å². The molecular formula is C12H22N4O. The van der Waals surface area contributed by atoms with Crippen molar-refractivity contribution < 1.29 is 5.11 Å². The number of nitrogens with two attached hydrogens (primary N) is 2. The Morgan fingerprint density at radius 1 is 1.41 bits per heavy atom. The van der Waals surface area contributed by atoms with Gasteiger partial charge in [0, 0.05) is 6.54 Å². The van der Waals surface area contributed by atoms with E-state index in [0.29, 0.717) is 29.8 Å². The quantitative estimate of drug-likeness (QED) is 0.622. The third kappa shape index (κ3) is 4.48. The van der Waals surface area contributed by atoms with Crippen molar-refractivity contribution in [3.8, 4) is 0 Å². The number of nitrogens with one attached hydrogen (secondary N) is 1. The molecule has 0 aliphatic heterocycles. The summed E-state index contributed by atoms with van der Waals surface area (Å²) in [5.74, 6) is 1.37. The summed E-state index contributed by atoms with van der Waals surface area (Å²) in [4.78, 5) is 4.09. The van der Waals surface area contributed by atoms with Crippen molar-refractivity contribution in [1.82, 2.24) is 4.98 Å². The summed E-state index contributed by atoms with van der Waals surface area (Å²) < 4.78 is 0. The highest BCUT2D eigenvalue weighted by Gasteiger charge is 2.21. The molecule has 96 valence electrons. The number of aromatic nitrogens is 1. The lowest BCUT2D eigenvalue weighted by molar-refractivity contribution is 0.0515. The fraction of sp³-hybridized carbons (Fsp3) is 0.583. The van der Waals surface area contributed by atoms with Gasteiger partial charge in [0.15, 0.2) is 0 Å². The lowest BCUT2D eigenvalue weighted by atomic mass is 9.94. The zero-order chi connectivity index (χ0) is 13.1. The van der Waals surface area contributed by atoms with Crippen molar-refractivity contribution >= 4 is 17.3 Å². The lowest BCUT2D eigenvalue weighted by Gasteiger charge is -2.25. The molecule has 1 aromatic heterocycles. The van der Waals surface area contributed by atoms with Gasteiger partial charge in [0.2, 0.25) is 0 Å².